The lowest BCUT2D eigenvalue weighted by Crippen LogP contribution is -2.36. The number of aliphatic hydroxyl groups excluding tert-OH is 1. The fourth-order valence-electron chi connectivity index (χ4n) is 5.61. The van der Waals surface area contributed by atoms with Crippen LogP contribution in [0.5, 0.6) is 0 Å². The number of rotatable bonds is 9. The summed E-state index contributed by atoms with van der Waals surface area (Å²) >= 11 is 0. The van der Waals surface area contributed by atoms with Crippen molar-refractivity contribution in [3.8, 4) is 22.4 Å². The van der Waals surface area contributed by atoms with Crippen molar-refractivity contribution < 1.29 is 18.9 Å². The number of fused-ring (bicyclic) bond motifs is 1. The third-order valence-corrected chi connectivity index (χ3v) is 9.66. The van der Waals surface area contributed by atoms with Crippen molar-refractivity contribution in [3.63, 3.8) is 0 Å². The van der Waals surface area contributed by atoms with Gasteiger partial charge in [0.1, 0.15) is 16.7 Å². The summed E-state index contributed by atoms with van der Waals surface area (Å²) in [6.45, 7) is 6.44. The first-order valence-electron chi connectivity index (χ1n) is 15.1. The second kappa shape index (κ2) is 13.4. The third-order valence-electron chi connectivity index (χ3n) is 7.80. The maximum absolute atomic E-state index is 13.7. The largest absolute Gasteiger partial charge is 0.396 e. The molecule has 5 rings (SSSR count). The molecule has 0 spiro atoms. The maximum atomic E-state index is 13.7. The number of hydrogen-bond acceptors (Lipinski definition) is 5. The van der Waals surface area contributed by atoms with E-state index < -0.39 is 15.7 Å². The lowest BCUT2D eigenvalue weighted by atomic mass is 9.93. The van der Waals surface area contributed by atoms with E-state index in [0.29, 0.717) is 30.8 Å². The van der Waals surface area contributed by atoms with Gasteiger partial charge in [0.15, 0.2) is 0 Å². The van der Waals surface area contributed by atoms with E-state index in [2.05, 4.69) is 5.32 Å². The van der Waals surface area contributed by atoms with Crippen LogP contribution in [0.15, 0.2) is 84.9 Å². The number of nitrogens with zero attached hydrogens (tertiary/aromatic N) is 3. The Bertz CT molecular complexity index is 1730. The number of aliphatic hydroxyl groups is 1. The summed E-state index contributed by atoms with van der Waals surface area (Å²) in [6.07, 6.45) is 0.372. The van der Waals surface area contributed by atoms with Crippen LogP contribution < -0.4 is 5.32 Å². The first-order chi connectivity index (χ1) is 21.5. The zero-order valence-corrected chi connectivity index (χ0v) is 27.2. The molecule has 8 nitrogen and oxygen atoms in total. The Morgan fingerprint density at radius 1 is 0.956 bits per heavy atom. The first kappa shape index (κ1) is 32.2. The van der Waals surface area contributed by atoms with Crippen LogP contribution in [0.1, 0.15) is 70.8 Å². The normalized spacial score (nSPS) is 15.4. The Morgan fingerprint density at radius 2 is 1.62 bits per heavy atom. The van der Waals surface area contributed by atoms with Gasteiger partial charge in [0.25, 0.3) is 11.8 Å². The summed E-state index contributed by atoms with van der Waals surface area (Å²) in [5.41, 5.74) is 6.74. The van der Waals surface area contributed by atoms with Gasteiger partial charge in [0.05, 0.1) is 16.5 Å². The summed E-state index contributed by atoms with van der Waals surface area (Å²) in [6, 6.07) is 26.5. The summed E-state index contributed by atoms with van der Waals surface area (Å²) in [4.78, 5) is 32.7. The van der Waals surface area contributed by atoms with Crippen LogP contribution in [0.25, 0.3) is 22.4 Å². The number of carbonyl (C=O) groups is 2. The van der Waals surface area contributed by atoms with Crippen molar-refractivity contribution in [1.82, 2.24) is 19.5 Å². The van der Waals surface area contributed by atoms with E-state index in [1.165, 1.54) is 0 Å². The molecular weight excluding hydrogens is 584 g/mol. The van der Waals surface area contributed by atoms with Crippen molar-refractivity contribution in [2.75, 3.05) is 20.7 Å². The number of carbonyl (C=O) groups excluding carboxylic acids is 2. The number of nitrogens with one attached hydrogen (secondary N) is 1. The van der Waals surface area contributed by atoms with Crippen LogP contribution in [0, 0.1) is 0 Å². The summed E-state index contributed by atoms with van der Waals surface area (Å²) in [7, 11) is 2.08. The summed E-state index contributed by atoms with van der Waals surface area (Å²) in [5.74, 6) is -0.386. The molecule has 1 aliphatic rings. The number of hydrogen-bond donors (Lipinski definition) is 2. The molecule has 1 aromatic heterocycles. The SMILES string of the molecule is CN(C)C(=O)c1cccc(-c2cccc(-c3nc(C(=O)NCc4ccccc4)cc4c3[C@@H](CCO)N([S@](=O)C(C)(C)C)C4)c2)c1. The minimum Gasteiger partial charge on any atom is -0.396 e. The lowest BCUT2D eigenvalue weighted by Gasteiger charge is -2.30. The fourth-order valence-corrected chi connectivity index (χ4v) is 7.01. The van der Waals surface area contributed by atoms with E-state index in [9.17, 15) is 18.9 Å². The Labute approximate surface area is 267 Å². The third kappa shape index (κ3) is 7.06. The Hall–Kier alpha value is -4.18. The topological polar surface area (TPSA) is 103 Å². The molecule has 0 fully saturated rings. The molecule has 0 saturated heterocycles. The number of benzene rings is 3. The molecule has 3 aromatic carbocycles. The predicted molar refractivity (Wildman–Crippen MR) is 179 cm³/mol. The average molecular weight is 625 g/mol. The lowest BCUT2D eigenvalue weighted by molar-refractivity contribution is 0.0827. The number of amides is 2. The highest BCUT2D eigenvalue weighted by Crippen LogP contribution is 2.44. The van der Waals surface area contributed by atoms with Gasteiger partial charge in [-0.3, -0.25) is 9.59 Å². The molecule has 2 amide bonds. The zero-order valence-electron chi connectivity index (χ0n) is 26.4. The average Bonchev–Trinajstić information content (AvgIpc) is 3.40. The van der Waals surface area contributed by atoms with Crippen molar-refractivity contribution in [2.24, 2.45) is 0 Å². The van der Waals surface area contributed by atoms with E-state index in [1.54, 1.807) is 31.1 Å². The van der Waals surface area contributed by atoms with Crippen LogP contribution in [-0.4, -0.2) is 60.8 Å². The molecular formula is C36H40N4O4S. The minimum atomic E-state index is -1.37. The van der Waals surface area contributed by atoms with E-state index in [1.807, 2.05) is 97.9 Å². The second-order valence-corrected chi connectivity index (χ2v) is 14.6. The van der Waals surface area contributed by atoms with Crippen LogP contribution in [0.3, 0.4) is 0 Å². The molecule has 234 valence electrons. The van der Waals surface area contributed by atoms with Crippen LogP contribution in [0.2, 0.25) is 0 Å². The minimum absolute atomic E-state index is 0.0829. The standard InChI is InChI=1S/C36H40N4O4S/c1-36(2,3)45(44)40-23-29-21-30(34(42)37-22-24-11-7-6-8-12-24)38-33(32(29)31(40)17-18-41)27-15-9-13-25(19-27)26-14-10-16-28(20-26)35(43)39(4)5/h6-16,19-21,31,41H,17-18,22-23H2,1-5H3,(H,37,42)/t31-,45-/m1/s1. The molecule has 0 aliphatic carbocycles. The highest BCUT2D eigenvalue weighted by Gasteiger charge is 2.40. The van der Waals surface area contributed by atoms with Gasteiger partial charge in [-0.2, -0.15) is 0 Å². The molecule has 45 heavy (non-hydrogen) atoms. The predicted octanol–water partition coefficient (Wildman–Crippen LogP) is 5.75. The highest BCUT2D eigenvalue weighted by molar-refractivity contribution is 7.84. The smallest absolute Gasteiger partial charge is 0.270 e. The molecule has 4 aromatic rings. The van der Waals surface area contributed by atoms with Gasteiger partial charge < -0.3 is 15.3 Å². The van der Waals surface area contributed by atoms with Crippen molar-refractivity contribution in [3.05, 3.63) is 113 Å². The first-order valence-corrected chi connectivity index (χ1v) is 16.2. The molecule has 2 N–H and O–H groups in total. The second-order valence-electron chi connectivity index (χ2n) is 12.4. The van der Waals surface area contributed by atoms with E-state index in [0.717, 1.165) is 33.4 Å². The zero-order chi connectivity index (χ0) is 32.3. The molecule has 0 bridgehead atoms. The molecule has 0 unspecified atom stereocenters. The van der Waals surface area contributed by atoms with Gasteiger partial charge in [-0.05, 0) is 73.7 Å². The van der Waals surface area contributed by atoms with E-state index >= 15 is 0 Å². The van der Waals surface area contributed by atoms with Crippen molar-refractivity contribution in [1.29, 1.82) is 0 Å². The molecule has 2 heterocycles. The van der Waals surface area contributed by atoms with E-state index in [4.69, 9.17) is 4.98 Å². The quantitative estimate of drug-likeness (QED) is 0.247. The Kier molecular flexibility index (Phi) is 9.62. The number of aromatic nitrogens is 1. The van der Waals surface area contributed by atoms with Gasteiger partial charge in [-0.1, -0.05) is 60.7 Å². The molecule has 9 heteroatoms. The van der Waals surface area contributed by atoms with Gasteiger partial charge in [0, 0.05) is 50.5 Å². The Morgan fingerprint density at radius 3 is 2.29 bits per heavy atom. The van der Waals surface area contributed by atoms with Crippen LogP contribution >= 0.6 is 0 Å². The highest BCUT2D eigenvalue weighted by atomic mass is 32.2. The van der Waals surface area contributed by atoms with Gasteiger partial charge in [-0.15, -0.1) is 0 Å². The van der Waals surface area contributed by atoms with Crippen molar-refractivity contribution in [2.45, 2.75) is 51.1 Å². The van der Waals surface area contributed by atoms with Crippen LogP contribution in [-0.2, 0) is 24.1 Å². The van der Waals surface area contributed by atoms with E-state index in [-0.39, 0.29) is 30.2 Å². The number of pyridine rings is 1. The fraction of sp³-hybridized carbons (Fsp3) is 0.306. The monoisotopic (exact) mass is 624 g/mol. The Balaban J connectivity index is 1.61. The van der Waals surface area contributed by atoms with Crippen LogP contribution in [0.4, 0.5) is 0 Å². The molecule has 1 aliphatic heterocycles. The summed E-state index contributed by atoms with van der Waals surface area (Å²) in [5, 5.41) is 13.1. The maximum Gasteiger partial charge on any atom is 0.270 e. The van der Waals surface area contributed by atoms with Gasteiger partial charge in [-0.25, -0.2) is 13.5 Å². The molecule has 2 atom stereocenters. The van der Waals surface area contributed by atoms with Crippen molar-refractivity contribution >= 4 is 22.8 Å². The molecule has 0 radical (unpaired) electrons. The van der Waals surface area contributed by atoms with Gasteiger partial charge in [0.2, 0.25) is 0 Å². The summed E-state index contributed by atoms with van der Waals surface area (Å²) < 4.78 is 15.1. The van der Waals surface area contributed by atoms with Gasteiger partial charge >= 0.3 is 0 Å². The molecule has 0 saturated carbocycles.